The number of halogens is 1. The van der Waals surface area contributed by atoms with Crippen LogP contribution in [-0.2, 0) is 5.41 Å². The zero-order valence-electron chi connectivity index (χ0n) is 22.0. The van der Waals surface area contributed by atoms with Gasteiger partial charge in [0.1, 0.15) is 0 Å². The van der Waals surface area contributed by atoms with Gasteiger partial charge in [0.2, 0.25) is 0 Å². The van der Waals surface area contributed by atoms with Crippen LogP contribution in [0.3, 0.4) is 0 Å². The van der Waals surface area contributed by atoms with Gasteiger partial charge < -0.3 is 0 Å². The van der Waals surface area contributed by atoms with Crippen molar-refractivity contribution >= 4 is 26.7 Å². The highest BCUT2D eigenvalue weighted by Gasteiger charge is 2.62. The smallest absolute Gasteiger partial charge is 0.0278 e. The second-order valence-electron chi connectivity index (χ2n) is 12.7. The van der Waals surface area contributed by atoms with Crippen molar-refractivity contribution in [3.8, 4) is 33.4 Å². The average Bonchev–Trinajstić information content (AvgIpc) is 3.26. The van der Waals surface area contributed by atoms with Gasteiger partial charge in [-0.3, -0.25) is 0 Å². The lowest BCUT2D eigenvalue weighted by Crippen LogP contribution is -2.55. The second kappa shape index (κ2) is 8.18. The van der Waals surface area contributed by atoms with Crippen LogP contribution in [0.1, 0.15) is 43.2 Å². The summed E-state index contributed by atoms with van der Waals surface area (Å²) in [5.41, 5.74) is 11.6. The summed E-state index contributed by atoms with van der Waals surface area (Å²) in [5, 5.41) is 2.89. The van der Waals surface area contributed by atoms with Crippen molar-refractivity contribution in [2.24, 2.45) is 23.7 Å². The van der Waals surface area contributed by atoms with Crippen LogP contribution in [0.4, 0.5) is 0 Å². The first-order valence-corrected chi connectivity index (χ1v) is 15.5. The van der Waals surface area contributed by atoms with Crippen LogP contribution >= 0.6 is 15.9 Å². The standard InChI is InChI=1S/C38H31Br/c39-36-12-6-5-11-32(36)31-10-4-3-8-29(31)26-14-16-35-34(22-26)33-15-13-25-7-1-2-9-30(25)37(33)38(35)27-18-23-17-24(20-27)21-28(38)19-23/h1-16,22-24,27-28H,17-21H2. The van der Waals surface area contributed by atoms with E-state index in [1.54, 1.807) is 11.1 Å². The van der Waals surface area contributed by atoms with E-state index in [0.717, 1.165) is 28.1 Å². The van der Waals surface area contributed by atoms with Gasteiger partial charge in [0.25, 0.3) is 0 Å². The quantitative estimate of drug-likeness (QED) is 0.199. The molecule has 4 fully saturated rings. The Morgan fingerprint density at radius 3 is 1.97 bits per heavy atom. The fourth-order valence-electron chi connectivity index (χ4n) is 9.80. The topological polar surface area (TPSA) is 0 Å². The summed E-state index contributed by atoms with van der Waals surface area (Å²) in [5.74, 6) is 3.46. The number of hydrogen-bond donors (Lipinski definition) is 0. The van der Waals surface area contributed by atoms with Crippen LogP contribution in [0.2, 0.25) is 0 Å². The summed E-state index contributed by atoms with van der Waals surface area (Å²) in [6, 6.07) is 39.1. The highest BCUT2D eigenvalue weighted by Crippen LogP contribution is 2.70. The van der Waals surface area contributed by atoms with E-state index in [9.17, 15) is 0 Å². The van der Waals surface area contributed by atoms with Crippen molar-refractivity contribution in [2.45, 2.75) is 37.5 Å². The maximum absolute atomic E-state index is 3.82. The molecule has 0 saturated heterocycles. The lowest BCUT2D eigenvalue weighted by Gasteiger charge is -2.61. The molecular formula is C38H31Br. The molecular weight excluding hydrogens is 536 g/mol. The predicted octanol–water partition coefficient (Wildman–Crippen LogP) is 10.7. The molecule has 1 spiro atoms. The molecule has 0 N–H and O–H groups in total. The molecule has 5 aliphatic rings. The molecule has 0 atom stereocenters. The van der Waals surface area contributed by atoms with E-state index in [1.807, 2.05) is 0 Å². The third kappa shape index (κ3) is 3.00. The Bertz CT molecular complexity index is 1760. The molecule has 4 saturated carbocycles. The molecule has 4 bridgehead atoms. The first-order valence-electron chi connectivity index (χ1n) is 14.7. The van der Waals surface area contributed by atoms with E-state index >= 15 is 0 Å². The highest BCUT2D eigenvalue weighted by atomic mass is 79.9. The Hall–Kier alpha value is -3.16. The van der Waals surface area contributed by atoms with E-state index in [2.05, 4.69) is 119 Å². The lowest BCUT2D eigenvalue weighted by molar-refractivity contribution is -0.0393. The molecule has 1 heteroatoms. The van der Waals surface area contributed by atoms with Gasteiger partial charge in [-0.25, -0.2) is 0 Å². The zero-order chi connectivity index (χ0) is 25.7. The first kappa shape index (κ1) is 22.6. The Balaban J connectivity index is 1.31. The summed E-state index contributed by atoms with van der Waals surface area (Å²) >= 11 is 3.82. The van der Waals surface area contributed by atoms with E-state index in [1.165, 1.54) is 76.3 Å². The summed E-state index contributed by atoms with van der Waals surface area (Å²) in [4.78, 5) is 0. The summed E-state index contributed by atoms with van der Waals surface area (Å²) in [6.07, 6.45) is 7.16. The number of fused-ring (bicyclic) bond motifs is 5. The van der Waals surface area contributed by atoms with Crippen molar-refractivity contribution in [1.82, 2.24) is 0 Å². The van der Waals surface area contributed by atoms with Crippen molar-refractivity contribution in [1.29, 1.82) is 0 Å². The average molecular weight is 568 g/mol. The molecule has 5 aromatic carbocycles. The van der Waals surface area contributed by atoms with E-state index < -0.39 is 0 Å². The maximum atomic E-state index is 3.82. The number of benzene rings is 5. The molecule has 0 aliphatic heterocycles. The number of hydrogen-bond acceptors (Lipinski definition) is 0. The molecule has 0 amide bonds. The zero-order valence-corrected chi connectivity index (χ0v) is 23.6. The fourth-order valence-corrected chi connectivity index (χ4v) is 10.3. The van der Waals surface area contributed by atoms with Crippen molar-refractivity contribution < 1.29 is 0 Å². The third-order valence-corrected chi connectivity index (χ3v) is 11.6. The minimum absolute atomic E-state index is 0.180. The van der Waals surface area contributed by atoms with Crippen molar-refractivity contribution in [2.75, 3.05) is 0 Å². The predicted molar refractivity (Wildman–Crippen MR) is 166 cm³/mol. The number of rotatable bonds is 2. The monoisotopic (exact) mass is 566 g/mol. The lowest BCUT2D eigenvalue weighted by atomic mass is 9.43. The van der Waals surface area contributed by atoms with Crippen LogP contribution in [-0.4, -0.2) is 0 Å². The Labute approximate surface area is 239 Å². The molecule has 5 aromatic rings. The largest absolute Gasteiger partial charge is 0.0616 e. The van der Waals surface area contributed by atoms with E-state index in [0.29, 0.717) is 0 Å². The SMILES string of the molecule is Brc1ccccc1-c1ccccc1-c1ccc2c(c1)-c1ccc3ccccc3c1C21C2CC3CC(C2)CC1C3. The normalized spacial score (nSPS) is 27.7. The van der Waals surface area contributed by atoms with E-state index in [4.69, 9.17) is 0 Å². The van der Waals surface area contributed by atoms with E-state index in [-0.39, 0.29) is 5.41 Å². The minimum atomic E-state index is 0.180. The van der Waals surface area contributed by atoms with Gasteiger partial charge in [0.05, 0.1) is 0 Å². The van der Waals surface area contributed by atoms with Gasteiger partial charge in [0.15, 0.2) is 0 Å². The molecule has 0 aromatic heterocycles. The van der Waals surface area contributed by atoms with Gasteiger partial charge in [-0.15, -0.1) is 0 Å². The van der Waals surface area contributed by atoms with Gasteiger partial charge in [-0.1, -0.05) is 107 Å². The molecule has 190 valence electrons. The Morgan fingerprint density at radius 2 is 1.21 bits per heavy atom. The van der Waals surface area contributed by atoms with Crippen LogP contribution in [0, 0.1) is 23.7 Å². The first-order chi connectivity index (χ1) is 19.2. The second-order valence-corrected chi connectivity index (χ2v) is 13.5. The molecule has 0 unspecified atom stereocenters. The van der Waals surface area contributed by atoms with Crippen molar-refractivity contribution in [3.05, 3.63) is 119 Å². The van der Waals surface area contributed by atoms with Crippen LogP contribution in [0.15, 0.2) is 108 Å². The summed E-state index contributed by atoms with van der Waals surface area (Å²) in [6.45, 7) is 0. The molecule has 0 heterocycles. The minimum Gasteiger partial charge on any atom is -0.0616 e. The Kier molecular flexibility index (Phi) is 4.75. The summed E-state index contributed by atoms with van der Waals surface area (Å²) in [7, 11) is 0. The Morgan fingerprint density at radius 1 is 0.538 bits per heavy atom. The van der Waals surface area contributed by atoms with Crippen LogP contribution in [0.5, 0.6) is 0 Å². The molecule has 10 rings (SSSR count). The van der Waals surface area contributed by atoms with Gasteiger partial charge in [0, 0.05) is 9.89 Å². The van der Waals surface area contributed by atoms with Gasteiger partial charge in [-0.2, -0.15) is 0 Å². The highest BCUT2D eigenvalue weighted by molar-refractivity contribution is 9.10. The van der Waals surface area contributed by atoms with Crippen LogP contribution in [0.25, 0.3) is 44.2 Å². The molecule has 5 aliphatic carbocycles. The molecule has 0 nitrogen and oxygen atoms in total. The van der Waals surface area contributed by atoms with Gasteiger partial charge in [-0.05, 0) is 123 Å². The third-order valence-electron chi connectivity index (χ3n) is 10.9. The molecule has 39 heavy (non-hydrogen) atoms. The maximum Gasteiger partial charge on any atom is 0.0278 e. The van der Waals surface area contributed by atoms with Gasteiger partial charge >= 0.3 is 0 Å². The fraction of sp³-hybridized carbons (Fsp3) is 0.263. The molecule has 0 radical (unpaired) electrons. The van der Waals surface area contributed by atoms with Crippen LogP contribution < -0.4 is 0 Å². The summed E-state index contributed by atoms with van der Waals surface area (Å²) < 4.78 is 1.14. The van der Waals surface area contributed by atoms with Crippen molar-refractivity contribution in [3.63, 3.8) is 0 Å².